The summed E-state index contributed by atoms with van der Waals surface area (Å²) in [5.41, 5.74) is 0. The van der Waals surface area contributed by atoms with Crippen LogP contribution in [0.25, 0.3) is 0 Å². The van der Waals surface area contributed by atoms with Crippen molar-refractivity contribution in [3.63, 3.8) is 0 Å². The third-order valence-corrected chi connectivity index (χ3v) is 6.09. The minimum Gasteiger partial charge on any atom is -0.394 e. The Morgan fingerprint density at radius 1 is 0.441 bits per heavy atom. The molecule has 3 fully saturated rings. The molecule has 200 valence electrons. The first-order chi connectivity index (χ1) is 16.0. The van der Waals surface area contributed by atoms with Gasteiger partial charge in [0.05, 0.1) is 19.8 Å². The van der Waals surface area contributed by atoms with Crippen LogP contribution in [-0.4, -0.2) is 168 Å². The Balaban J connectivity index is 1.72. The molecule has 0 unspecified atom stereocenters. The SMILES string of the molecule is OC[C@H]1O[C@H](O[C@H]2[C@H](O)[C@@H](O)[C@H](O[C@H]3[C@H](O)[C@H](O)[C@@H](O)O[C@@H]3CO)O[C@@H]2CO)[C@@H](O)[C@@H](O)[C@@H]1O. The second kappa shape index (κ2) is 11.6. The predicted octanol–water partition coefficient (Wildman–Crippen LogP) is -7.57. The zero-order chi connectivity index (χ0) is 25.3. The Bertz CT molecular complexity index is 635. The molecular weight excluding hydrogens is 472 g/mol. The van der Waals surface area contributed by atoms with Gasteiger partial charge in [-0.25, -0.2) is 0 Å². The first-order valence-corrected chi connectivity index (χ1v) is 10.6. The van der Waals surface area contributed by atoms with Crippen molar-refractivity contribution in [3.8, 4) is 0 Å². The van der Waals surface area contributed by atoms with Gasteiger partial charge in [0.15, 0.2) is 18.9 Å². The van der Waals surface area contributed by atoms with Crippen molar-refractivity contribution >= 4 is 0 Å². The average molecular weight is 504 g/mol. The summed E-state index contributed by atoms with van der Waals surface area (Å²) in [5.74, 6) is 0. The molecular formula is C18H32O16. The third-order valence-electron chi connectivity index (χ3n) is 6.09. The van der Waals surface area contributed by atoms with E-state index < -0.39 is 112 Å². The lowest BCUT2D eigenvalue weighted by Crippen LogP contribution is -2.66. The maximum Gasteiger partial charge on any atom is 0.187 e. The molecule has 3 aliphatic heterocycles. The number of hydrogen-bond acceptors (Lipinski definition) is 16. The summed E-state index contributed by atoms with van der Waals surface area (Å²) < 4.78 is 26.4. The van der Waals surface area contributed by atoms with E-state index in [0.29, 0.717) is 0 Å². The maximum absolute atomic E-state index is 10.6. The minimum absolute atomic E-state index is 0.741. The van der Waals surface area contributed by atoms with Crippen LogP contribution in [0.4, 0.5) is 0 Å². The van der Waals surface area contributed by atoms with Gasteiger partial charge in [0.1, 0.15) is 73.2 Å². The zero-order valence-electron chi connectivity index (χ0n) is 17.7. The van der Waals surface area contributed by atoms with Gasteiger partial charge in [-0.05, 0) is 0 Å². The molecule has 0 aromatic carbocycles. The fourth-order valence-corrected chi connectivity index (χ4v) is 4.06. The monoisotopic (exact) mass is 504 g/mol. The van der Waals surface area contributed by atoms with Gasteiger partial charge >= 0.3 is 0 Å². The lowest BCUT2D eigenvalue weighted by atomic mass is 9.96. The van der Waals surface area contributed by atoms with E-state index >= 15 is 0 Å². The van der Waals surface area contributed by atoms with Crippen LogP contribution in [0.3, 0.4) is 0 Å². The molecule has 0 spiro atoms. The highest BCUT2D eigenvalue weighted by Gasteiger charge is 2.53. The van der Waals surface area contributed by atoms with Crippen LogP contribution >= 0.6 is 0 Å². The summed E-state index contributed by atoms with van der Waals surface area (Å²) in [7, 11) is 0. The Hall–Kier alpha value is -0.640. The first kappa shape index (κ1) is 27.9. The zero-order valence-corrected chi connectivity index (χ0v) is 17.7. The van der Waals surface area contributed by atoms with E-state index in [4.69, 9.17) is 23.7 Å². The highest BCUT2D eigenvalue weighted by molar-refractivity contribution is 4.96. The van der Waals surface area contributed by atoms with Crippen molar-refractivity contribution in [1.82, 2.24) is 0 Å². The van der Waals surface area contributed by atoms with Gasteiger partial charge in [0, 0.05) is 0 Å². The fourth-order valence-electron chi connectivity index (χ4n) is 4.06. The molecule has 0 bridgehead atoms. The van der Waals surface area contributed by atoms with E-state index in [1.54, 1.807) is 0 Å². The molecule has 0 aliphatic carbocycles. The van der Waals surface area contributed by atoms with Crippen molar-refractivity contribution in [1.29, 1.82) is 0 Å². The fraction of sp³-hybridized carbons (Fsp3) is 1.00. The van der Waals surface area contributed by atoms with Gasteiger partial charge in [0.25, 0.3) is 0 Å². The summed E-state index contributed by atoms with van der Waals surface area (Å²) in [6, 6.07) is 0. The predicted molar refractivity (Wildman–Crippen MR) is 101 cm³/mol. The highest BCUT2D eigenvalue weighted by Crippen LogP contribution is 2.32. The largest absolute Gasteiger partial charge is 0.394 e. The molecule has 0 amide bonds. The lowest BCUT2D eigenvalue weighted by Gasteiger charge is -2.47. The van der Waals surface area contributed by atoms with Gasteiger partial charge in [-0.3, -0.25) is 0 Å². The number of aliphatic hydroxyl groups excluding tert-OH is 11. The number of ether oxygens (including phenoxy) is 5. The Kier molecular flexibility index (Phi) is 9.54. The van der Waals surface area contributed by atoms with Crippen LogP contribution in [0, 0.1) is 0 Å². The molecule has 3 heterocycles. The third kappa shape index (κ3) is 5.37. The van der Waals surface area contributed by atoms with Crippen molar-refractivity contribution in [2.75, 3.05) is 19.8 Å². The first-order valence-electron chi connectivity index (χ1n) is 10.6. The molecule has 11 N–H and O–H groups in total. The summed E-state index contributed by atoms with van der Waals surface area (Å²) >= 11 is 0. The van der Waals surface area contributed by atoms with Crippen LogP contribution in [-0.2, 0) is 23.7 Å². The van der Waals surface area contributed by atoms with Crippen molar-refractivity contribution < 1.29 is 79.9 Å². The van der Waals surface area contributed by atoms with E-state index in [1.807, 2.05) is 0 Å². The van der Waals surface area contributed by atoms with E-state index in [9.17, 15) is 56.2 Å². The molecule has 0 saturated carbocycles. The van der Waals surface area contributed by atoms with E-state index in [-0.39, 0.29) is 0 Å². The molecule has 3 saturated heterocycles. The lowest BCUT2D eigenvalue weighted by molar-refractivity contribution is -0.377. The van der Waals surface area contributed by atoms with E-state index in [0.717, 1.165) is 0 Å². The summed E-state index contributed by atoms with van der Waals surface area (Å²) in [5, 5.41) is 109. The average Bonchev–Trinajstić information content (AvgIpc) is 2.83. The molecule has 0 aromatic heterocycles. The molecule has 0 aromatic rings. The molecule has 3 rings (SSSR count). The Morgan fingerprint density at radius 2 is 0.853 bits per heavy atom. The van der Waals surface area contributed by atoms with Crippen LogP contribution in [0.15, 0.2) is 0 Å². The minimum atomic E-state index is -1.91. The molecule has 3 aliphatic rings. The number of aliphatic hydroxyl groups is 11. The number of rotatable bonds is 7. The van der Waals surface area contributed by atoms with Gasteiger partial charge in [-0.2, -0.15) is 0 Å². The summed E-state index contributed by atoms with van der Waals surface area (Å²) in [6.45, 7) is -2.32. The molecule has 34 heavy (non-hydrogen) atoms. The van der Waals surface area contributed by atoms with Crippen LogP contribution in [0.2, 0.25) is 0 Å². The second-order valence-electron chi connectivity index (χ2n) is 8.33. The van der Waals surface area contributed by atoms with Crippen molar-refractivity contribution in [2.45, 2.75) is 92.1 Å². The quantitative estimate of drug-likeness (QED) is 0.154. The normalized spacial score (nSPS) is 52.5. The van der Waals surface area contributed by atoms with E-state index in [1.165, 1.54) is 0 Å². The molecule has 0 radical (unpaired) electrons. The number of hydrogen-bond donors (Lipinski definition) is 11. The Morgan fingerprint density at radius 3 is 1.35 bits per heavy atom. The van der Waals surface area contributed by atoms with Crippen molar-refractivity contribution in [3.05, 3.63) is 0 Å². The van der Waals surface area contributed by atoms with Crippen LogP contribution in [0.5, 0.6) is 0 Å². The van der Waals surface area contributed by atoms with Gasteiger partial charge in [-0.15, -0.1) is 0 Å². The summed E-state index contributed by atoms with van der Waals surface area (Å²) in [4.78, 5) is 0. The highest BCUT2D eigenvalue weighted by atomic mass is 16.8. The van der Waals surface area contributed by atoms with Crippen LogP contribution in [0.1, 0.15) is 0 Å². The molecule has 15 atom stereocenters. The summed E-state index contributed by atoms with van der Waals surface area (Å²) in [6.07, 6.45) is -25.1. The Labute approximate surface area is 192 Å². The standard InChI is InChI=1S/C18H32O16/c19-1-4-7(22)8(23)12(27)17(31-4)34-15-6(3-21)32-18(13(28)10(15)25)33-14-5(2-20)30-16(29)11(26)9(14)24/h4-29H,1-3H2/t4-,5-,6-,7-,8+,9-,10-,11+,12+,13-,14-,15-,16+,17-,18+/m1/s1. The maximum atomic E-state index is 10.6. The smallest absolute Gasteiger partial charge is 0.187 e. The van der Waals surface area contributed by atoms with Gasteiger partial charge in [-0.1, -0.05) is 0 Å². The van der Waals surface area contributed by atoms with Crippen molar-refractivity contribution in [2.24, 2.45) is 0 Å². The van der Waals surface area contributed by atoms with E-state index in [2.05, 4.69) is 0 Å². The molecule has 16 nitrogen and oxygen atoms in total. The second-order valence-corrected chi connectivity index (χ2v) is 8.33. The van der Waals surface area contributed by atoms with Crippen LogP contribution < -0.4 is 0 Å². The van der Waals surface area contributed by atoms with Gasteiger partial charge < -0.3 is 79.9 Å². The molecule has 16 heteroatoms. The van der Waals surface area contributed by atoms with Gasteiger partial charge in [0.2, 0.25) is 0 Å². The topological polar surface area (TPSA) is 269 Å².